The molecule has 0 amide bonds. The minimum Gasteiger partial charge on any atom is -0.478 e. The Bertz CT molecular complexity index is 238. The number of thioether (sulfide) groups is 2. The molecule has 15 heavy (non-hydrogen) atoms. The quantitative estimate of drug-likeness (QED) is 0.569. The van der Waals surface area contributed by atoms with Crippen LogP contribution in [0.25, 0.3) is 0 Å². The third-order valence-corrected chi connectivity index (χ3v) is 4.99. The monoisotopic (exact) mass is 247 g/mol. The van der Waals surface area contributed by atoms with Gasteiger partial charge in [-0.25, -0.2) is 4.79 Å². The van der Waals surface area contributed by atoms with Crippen molar-refractivity contribution in [1.29, 1.82) is 0 Å². The van der Waals surface area contributed by atoms with Crippen LogP contribution in [0.15, 0.2) is 11.6 Å². The van der Waals surface area contributed by atoms with E-state index in [1.807, 2.05) is 23.5 Å². The second kappa shape index (κ2) is 7.19. The Morgan fingerprint density at radius 2 is 2.40 bits per heavy atom. The van der Waals surface area contributed by atoms with Crippen LogP contribution >= 0.6 is 23.5 Å². The van der Waals surface area contributed by atoms with Gasteiger partial charge in [-0.15, -0.1) is 0 Å². The minimum atomic E-state index is -0.834. The van der Waals surface area contributed by atoms with Crippen LogP contribution in [0.5, 0.6) is 0 Å². The van der Waals surface area contributed by atoms with Crippen molar-refractivity contribution in [3.05, 3.63) is 11.6 Å². The molecule has 1 aliphatic heterocycles. The smallest absolute Gasteiger partial charge is 0.330 e. The Balaban J connectivity index is 2.10. The number of hydrogen-bond acceptors (Lipinski definition) is 4. The van der Waals surface area contributed by atoms with Gasteiger partial charge in [0.2, 0.25) is 0 Å². The van der Waals surface area contributed by atoms with E-state index in [1.165, 1.54) is 17.3 Å². The standard InChI is InChI=1S/C10H17NO2S2/c1-8(10(12)13)2-3-11-6-9-7-14-4-5-15-9/h2,9,11H,3-7H2,1H3,(H,12,13). The highest BCUT2D eigenvalue weighted by atomic mass is 32.2. The maximum Gasteiger partial charge on any atom is 0.330 e. The largest absolute Gasteiger partial charge is 0.478 e. The molecule has 1 heterocycles. The van der Waals surface area contributed by atoms with Crippen molar-refractivity contribution in [3.8, 4) is 0 Å². The van der Waals surface area contributed by atoms with E-state index in [2.05, 4.69) is 5.32 Å². The molecule has 0 saturated carbocycles. The summed E-state index contributed by atoms with van der Waals surface area (Å²) in [5, 5.41) is 12.6. The zero-order valence-electron chi connectivity index (χ0n) is 8.86. The minimum absolute atomic E-state index is 0.410. The first-order valence-corrected chi connectivity index (χ1v) is 7.20. The molecule has 0 aromatic rings. The summed E-state index contributed by atoms with van der Waals surface area (Å²) in [6.45, 7) is 3.25. The summed E-state index contributed by atoms with van der Waals surface area (Å²) in [4.78, 5) is 10.5. The van der Waals surface area contributed by atoms with Crippen molar-refractivity contribution in [2.75, 3.05) is 30.3 Å². The molecule has 0 aromatic heterocycles. The lowest BCUT2D eigenvalue weighted by molar-refractivity contribution is -0.132. The van der Waals surface area contributed by atoms with Crippen LogP contribution in [0.1, 0.15) is 6.92 Å². The fourth-order valence-corrected chi connectivity index (χ4v) is 3.86. The molecule has 5 heteroatoms. The molecule has 3 nitrogen and oxygen atoms in total. The highest BCUT2D eigenvalue weighted by molar-refractivity contribution is 8.06. The molecule has 1 fully saturated rings. The first-order valence-electron chi connectivity index (χ1n) is 5.00. The Hall–Kier alpha value is -0.130. The van der Waals surface area contributed by atoms with Gasteiger partial charge in [-0.05, 0) is 6.92 Å². The van der Waals surface area contributed by atoms with E-state index >= 15 is 0 Å². The van der Waals surface area contributed by atoms with Crippen molar-refractivity contribution in [1.82, 2.24) is 5.32 Å². The van der Waals surface area contributed by atoms with E-state index in [0.717, 1.165) is 6.54 Å². The lowest BCUT2D eigenvalue weighted by atomic mass is 10.3. The van der Waals surface area contributed by atoms with Crippen molar-refractivity contribution >= 4 is 29.5 Å². The molecular formula is C10H17NO2S2. The van der Waals surface area contributed by atoms with Crippen molar-refractivity contribution in [2.45, 2.75) is 12.2 Å². The van der Waals surface area contributed by atoms with Crippen LogP contribution in [0, 0.1) is 0 Å². The third-order valence-electron chi connectivity index (χ3n) is 2.15. The molecule has 86 valence electrons. The molecular weight excluding hydrogens is 230 g/mol. The Morgan fingerprint density at radius 3 is 3.00 bits per heavy atom. The molecule has 0 aromatic carbocycles. The summed E-state index contributed by atoms with van der Waals surface area (Å²) in [7, 11) is 0. The summed E-state index contributed by atoms with van der Waals surface area (Å²) in [6.07, 6.45) is 1.73. The van der Waals surface area contributed by atoms with Gasteiger partial charge >= 0.3 is 5.97 Å². The van der Waals surface area contributed by atoms with Gasteiger partial charge in [0.15, 0.2) is 0 Å². The number of aliphatic carboxylic acids is 1. The second-order valence-electron chi connectivity index (χ2n) is 3.42. The molecule has 0 aliphatic carbocycles. The fourth-order valence-electron chi connectivity index (χ4n) is 1.21. The van der Waals surface area contributed by atoms with Crippen LogP contribution < -0.4 is 5.32 Å². The molecule has 1 saturated heterocycles. The van der Waals surface area contributed by atoms with Crippen LogP contribution in [-0.4, -0.2) is 46.7 Å². The molecule has 1 aliphatic rings. The molecule has 1 rings (SSSR count). The first kappa shape index (κ1) is 12.9. The zero-order valence-corrected chi connectivity index (χ0v) is 10.5. The van der Waals surface area contributed by atoms with Gasteiger partial charge in [-0.3, -0.25) is 0 Å². The first-order chi connectivity index (χ1) is 7.20. The van der Waals surface area contributed by atoms with Crippen molar-refractivity contribution < 1.29 is 9.90 Å². The predicted octanol–water partition coefficient (Wildman–Crippen LogP) is 1.46. The highest BCUT2D eigenvalue weighted by Gasteiger charge is 2.12. The number of carbonyl (C=O) groups is 1. The second-order valence-corrected chi connectivity index (χ2v) is 5.98. The normalized spacial score (nSPS) is 22.7. The molecule has 0 bridgehead atoms. The summed E-state index contributed by atoms with van der Waals surface area (Å²) in [5.41, 5.74) is 0.410. The zero-order chi connectivity index (χ0) is 11.1. The number of nitrogens with one attached hydrogen (secondary N) is 1. The van der Waals surface area contributed by atoms with E-state index in [1.54, 1.807) is 13.0 Å². The van der Waals surface area contributed by atoms with Gasteiger partial charge in [-0.2, -0.15) is 23.5 Å². The molecule has 1 unspecified atom stereocenters. The van der Waals surface area contributed by atoms with Crippen molar-refractivity contribution in [3.63, 3.8) is 0 Å². The average molecular weight is 247 g/mol. The third kappa shape index (κ3) is 5.49. The van der Waals surface area contributed by atoms with Gasteiger partial charge in [0, 0.05) is 41.2 Å². The predicted molar refractivity (Wildman–Crippen MR) is 67.8 cm³/mol. The fraction of sp³-hybridized carbons (Fsp3) is 0.700. The van der Waals surface area contributed by atoms with Gasteiger partial charge in [0.1, 0.15) is 0 Å². The van der Waals surface area contributed by atoms with Gasteiger partial charge < -0.3 is 10.4 Å². The lowest BCUT2D eigenvalue weighted by Gasteiger charge is -2.20. The van der Waals surface area contributed by atoms with Crippen LogP contribution in [0.2, 0.25) is 0 Å². The Kier molecular flexibility index (Phi) is 6.20. The highest BCUT2D eigenvalue weighted by Crippen LogP contribution is 2.23. The Morgan fingerprint density at radius 1 is 1.60 bits per heavy atom. The van der Waals surface area contributed by atoms with Crippen LogP contribution in [-0.2, 0) is 4.79 Å². The molecule has 0 spiro atoms. The number of rotatable bonds is 5. The topological polar surface area (TPSA) is 49.3 Å². The summed E-state index contributed by atoms with van der Waals surface area (Å²) in [6, 6.07) is 0. The summed E-state index contributed by atoms with van der Waals surface area (Å²) < 4.78 is 0. The van der Waals surface area contributed by atoms with E-state index in [-0.39, 0.29) is 0 Å². The van der Waals surface area contributed by atoms with Crippen molar-refractivity contribution in [2.24, 2.45) is 0 Å². The summed E-state index contributed by atoms with van der Waals surface area (Å²) >= 11 is 4.01. The maximum absolute atomic E-state index is 10.5. The molecule has 1 atom stereocenters. The number of carboxylic acid groups (broad SMARTS) is 1. The molecule has 2 N–H and O–H groups in total. The van der Waals surface area contributed by atoms with E-state index in [4.69, 9.17) is 5.11 Å². The van der Waals surface area contributed by atoms with E-state index < -0.39 is 5.97 Å². The van der Waals surface area contributed by atoms with E-state index in [0.29, 0.717) is 17.4 Å². The lowest BCUT2D eigenvalue weighted by Crippen LogP contribution is -2.29. The van der Waals surface area contributed by atoms with Gasteiger partial charge in [0.25, 0.3) is 0 Å². The number of carboxylic acids is 1. The average Bonchev–Trinajstić information content (AvgIpc) is 2.25. The van der Waals surface area contributed by atoms with Gasteiger partial charge in [0.05, 0.1) is 0 Å². The van der Waals surface area contributed by atoms with Gasteiger partial charge in [-0.1, -0.05) is 6.08 Å². The maximum atomic E-state index is 10.5. The SMILES string of the molecule is CC(=CCNCC1CSCCS1)C(=O)O. The summed E-state index contributed by atoms with van der Waals surface area (Å²) in [5.74, 6) is 2.87. The number of hydrogen-bond donors (Lipinski definition) is 2. The Labute approximate surface area is 99.1 Å². The molecule has 0 radical (unpaired) electrons. The van der Waals surface area contributed by atoms with Crippen LogP contribution in [0.3, 0.4) is 0 Å². The van der Waals surface area contributed by atoms with E-state index in [9.17, 15) is 4.79 Å². The van der Waals surface area contributed by atoms with Crippen LogP contribution in [0.4, 0.5) is 0 Å².